The topological polar surface area (TPSA) is 298 Å². The minimum atomic E-state index is -1.47. The SMILES string of the molecule is NC(=O)[C@@H]1CCCCNC(=O)/C=C\C(=O)NC2(CCC(c3ccccc3)CC2)C(=O)N[C@H](Cc2ccccc2)C(=O)N[C@@H](CCCN=C(N)N)C(=O)N[C@@H](Cc2c[nH]c3ccccc23)C(=O)N1. The molecule has 2 aliphatic rings. The molecule has 0 unspecified atom stereocenters. The van der Waals surface area contributed by atoms with Crippen molar-refractivity contribution in [1.29, 1.82) is 0 Å². The number of amides is 7. The molecule has 6 rings (SSSR count). The molecule has 4 aromatic rings. The van der Waals surface area contributed by atoms with Gasteiger partial charge in [-0.3, -0.25) is 38.6 Å². The van der Waals surface area contributed by atoms with Gasteiger partial charge in [0, 0.05) is 55.2 Å². The average molecular weight is 916 g/mol. The molecule has 3 aromatic carbocycles. The number of carbonyl (C=O) groups is 7. The van der Waals surface area contributed by atoms with Gasteiger partial charge in [0.25, 0.3) is 0 Å². The maximum absolute atomic E-state index is 14.8. The van der Waals surface area contributed by atoms with E-state index in [1.54, 1.807) is 30.5 Å². The number of carbonyl (C=O) groups excluding carboxylic acids is 7. The van der Waals surface area contributed by atoms with Crippen LogP contribution in [0.1, 0.15) is 80.4 Å². The van der Waals surface area contributed by atoms with Crippen LogP contribution in [0.2, 0.25) is 0 Å². The summed E-state index contributed by atoms with van der Waals surface area (Å²) in [5.41, 5.74) is 18.8. The summed E-state index contributed by atoms with van der Waals surface area (Å²) in [6.45, 7) is 0.304. The predicted molar refractivity (Wildman–Crippen MR) is 254 cm³/mol. The van der Waals surface area contributed by atoms with Crippen LogP contribution >= 0.6 is 0 Å². The van der Waals surface area contributed by atoms with Crippen molar-refractivity contribution in [3.05, 3.63) is 120 Å². The summed E-state index contributed by atoms with van der Waals surface area (Å²) in [7, 11) is 0. The average Bonchev–Trinajstić information content (AvgIpc) is 3.73. The summed E-state index contributed by atoms with van der Waals surface area (Å²) in [5.74, 6) is -4.80. The Morgan fingerprint density at radius 2 is 1.30 bits per heavy atom. The minimum Gasteiger partial charge on any atom is -0.370 e. The number of nitrogens with one attached hydrogen (secondary N) is 7. The van der Waals surface area contributed by atoms with Crippen LogP contribution in [0.5, 0.6) is 0 Å². The van der Waals surface area contributed by atoms with Crippen molar-refractivity contribution in [2.45, 2.75) is 106 Å². The maximum atomic E-state index is 14.8. The number of fused-ring (bicyclic) bond motifs is 1. The van der Waals surface area contributed by atoms with Crippen molar-refractivity contribution < 1.29 is 33.6 Å². The summed E-state index contributed by atoms with van der Waals surface area (Å²) >= 11 is 0. The van der Waals surface area contributed by atoms with Gasteiger partial charge in [-0.25, -0.2) is 0 Å². The van der Waals surface area contributed by atoms with E-state index in [9.17, 15) is 33.6 Å². The zero-order valence-corrected chi connectivity index (χ0v) is 37.4. The van der Waals surface area contributed by atoms with Gasteiger partial charge in [-0.2, -0.15) is 0 Å². The third-order valence-corrected chi connectivity index (χ3v) is 12.4. The first-order valence-electron chi connectivity index (χ1n) is 22.8. The van der Waals surface area contributed by atoms with Crippen LogP contribution < -0.4 is 49.1 Å². The van der Waals surface area contributed by atoms with Gasteiger partial charge in [-0.05, 0) is 86.5 Å². The van der Waals surface area contributed by atoms with E-state index in [0.717, 1.165) is 28.6 Å². The molecule has 354 valence electrons. The minimum absolute atomic E-state index is 0.00704. The summed E-state index contributed by atoms with van der Waals surface area (Å²) in [5, 5.41) is 17.7. The number of benzene rings is 3. The monoisotopic (exact) mass is 915 g/mol. The molecule has 0 bridgehead atoms. The van der Waals surface area contributed by atoms with Crippen molar-refractivity contribution in [3.63, 3.8) is 0 Å². The Balaban J connectivity index is 1.35. The number of H-pyrrole nitrogens is 1. The van der Waals surface area contributed by atoms with Crippen LogP contribution in [0.3, 0.4) is 0 Å². The van der Waals surface area contributed by atoms with E-state index in [2.05, 4.69) is 41.9 Å². The largest absolute Gasteiger partial charge is 0.370 e. The van der Waals surface area contributed by atoms with Crippen molar-refractivity contribution in [3.8, 4) is 0 Å². The van der Waals surface area contributed by atoms with Crippen LogP contribution in [0.25, 0.3) is 10.9 Å². The first kappa shape index (κ1) is 48.9. The molecule has 1 aromatic heterocycles. The second kappa shape index (κ2) is 23.6. The Morgan fingerprint density at radius 1 is 0.672 bits per heavy atom. The van der Waals surface area contributed by atoms with Crippen LogP contribution in [-0.4, -0.2) is 95.1 Å². The number of aliphatic imine (C=N–C) groups is 1. The van der Waals surface area contributed by atoms with Crippen LogP contribution in [0, 0.1) is 0 Å². The predicted octanol–water partition coefficient (Wildman–Crippen LogP) is 1.50. The molecular weight excluding hydrogens is 855 g/mol. The Morgan fingerprint density at radius 3 is 2.01 bits per heavy atom. The van der Waals surface area contributed by atoms with Crippen molar-refractivity contribution in [2.24, 2.45) is 22.2 Å². The summed E-state index contributed by atoms with van der Waals surface area (Å²) in [4.78, 5) is 105. The molecule has 1 spiro atoms. The number of primary amides is 1. The second-order valence-corrected chi connectivity index (χ2v) is 17.2. The van der Waals surface area contributed by atoms with Gasteiger partial charge in [0.1, 0.15) is 29.7 Å². The normalized spacial score (nSPS) is 24.5. The van der Waals surface area contributed by atoms with Gasteiger partial charge in [0.15, 0.2) is 5.96 Å². The van der Waals surface area contributed by atoms with E-state index in [-0.39, 0.29) is 69.9 Å². The highest BCUT2D eigenvalue weighted by Gasteiger charge is 2.44. The third-order valence-electron chi connectivity index (χ3n) is 12.4. The van der Waals surface area contributed by atoms with Gasteiger partial charge in [0.05, 0.1) is 0 Å². The highest BCUT2D eigenvalue weighted by Crippen LogP contribution is 2.38. The van der Waals surface area contributed by atoms with Crippen LogP contribution in [-0.2, 0) is 46.4 Å². The number of nitrogens with zero attached hydrogens (tertiary/aromatic N) is 1. The maximum Gasteiger partial charge on any atom is 0.246 e. The number of hydrogen-bond acceptors (Lipinski definition) is 8. The van der Waals surface area contributed by atoms with E-state index in [0.29, 0.717) is 36.8 Å². The molecule has 1 saturated carbocycles. The third kappa shape index (κ3) is 14.0. The standard InChI is InChI=1S/C49H61N11O7/c50-43(63)37-18-9-10-26-53-41(61)20-21-42(62)60-49(24-22-33(23-25-49)32-14-5-2-6-15-32)47(67)59-39(28-31-12-3-1-4-13-31)45(65)57-38(19-11-27-54-48(51)52)44(64)58-40(46(66)56-37)29-34-30-55-36-17-8-7-16-35(34)36/h1-8,12-17,20-21,30,33,37-40,55H,9-11,18-19,22-29H2,(H2,50,63)(H,53,61)(H,56,66)(H,57,65)(H,58,64)(H,59,67)(H,60,62)(H4,51,52,54)/b21-20-/t33?,37-,38-,39+,40-,49?/m0/s1. The highest BCUT2D eigenvalue weighted by molar-refractivity contribution is 6.01. The first-order valence-corrected chi connectivity index (χ1v) is 22.8. The van der Waals surface area contributed by atoms with E-state index >= 15 is 0 Å². The van der Waals surface area contributed by atoms with Crippen LogP contribution in [0.4, 0.5) is 0 Å². The summed E-state index contributed by atoms with van der Waals surface area (Å²) in [6, 6.07) is 21.4. The quantitative estimate of drug-likeness (QED) is 0.0626. The zero-order valence-electron chi connectivity index (χ0n) is 37.4. The van der Waals surface area contributed by atoms with Gasteiger partial charge in [0.2, 0.25) is 41.4 Å². The molecule has 67 heavy (non-hydrogen) atoms. The molecule has 2 heterocycles. The number of rotatable bonds is 10. The molecule has 0 saturated heterocycles. The van der Waals surface area contributed by atoms with E-state index < -0.39 is 71.1 Å². The number of para-hydroxylation sites is 1. The smallest absolute Gasteiger partial charge is 0.246 e. The van der Waals surface area contributed by atoms with Gasteiger partial charge in [-0.15, -0.1) is 0 Å². The molecule has 4 atom stereocenters. The summed E-state index contributed by atoms with van der Waals surface area (Å²) < 4.78 is 0. The van der Waals surface area contributed by atoms with Gasteiger partial charge < -0.3 is 54.1 Å². The van der Waals surface area contributed by atoms with E-state index in [1.165, 1.54) is 0 Å². The number of hydrogen-bond donors (Lipinski definition) is 10. The molecular formula is C49H61N11O7. The van der Waals surface area contributed by atoms with E-state index in [1.807, 2.05) is 60.7 Å². The molecule has 1 aliphatic heterocycles. The molecule has 7 amide bonds. The molecule has 0 radical (unpaired) electrons. The summed E-state index contributed by atoms with van der Waals surface area (Å²) in [6.07, 6.45) is 6.57. The molecule has 1 aliphatic carbocycles. The Kier molecular flexibility index (Phi) is 17.3. The molecule has 1 fully saturated rings. The van der Waals surface area contributed by atoms with Gasteiger partial charge >= 0.3 is 0 Å². The molecule has 18 nitrogen and oxygen atoms in total. The van der Waals surface area contributed by atoms with Gasteiger partial charge in [-0.1, -0.05) is 78.9 Å². The van der Waals surface area contributed by atoms with Crippen molar-refractivity contribution in [2.75, 3.05) is 13.1 Å². The van der Waals surface area contributed by atoms with E-state index in [4.69, 9.17) is 17.2 Å². The number of aromatic amines is 1. The lowest BCUT2D eigenvalue weighted by Gasteiger charge is -2.40. The lowest BCUT2D eigenvalue weighted by molar-refractivity contribution is -0.137. The van der Waals surface area contributed by atoms with Crippen molar-refractivity contribution >= 4 is 58.2 Å². The van der Waals surface area contributed by atoms with Crippen molar-refractivity contribution in [1.82, 2.24) is 36.9 Å². The number of aromatic nitrogens is 1. The Hall–Kier alpha value is -7.50. The fraction of sp³-hybridized carbons (Fsp3) is 0.388. The lowest BCUT2D eigenvalue weighted by atomic mass is 9.73. The first-order chi connectivity index (χ1) is 32.3. The zero-order chi connectivity index (χ0) is 47.8. The fourth-order valence-corrected chi connectivity index (χ4v) is 8.71. The Labute approximate surface area is 389 Å². The van der Waals surface area contributed by atoms with Crippen LogP contribution in [0.15, 0.2) is 108 Å². The Bertz CT molecular complexity index is 2430. The number of guanidine groups is 1. The fourth-order valence-electron chi connectivity index (χ4n) is 8.71. The number of nitrogens with two attached hydrogens (primary N) is 3. The molecule has 18 heteroatoms. The second-order valence-electron chi connectivity index (χ2n) is 17.2. The lowest BCUT2D eigenvalue weighted by Crippen LogP contribution is -2.64. The highest BCUT2D eigenvalue weighted by atomic mass is 16.2. The molecule has 13 N–H and O–H groups in total.